The lowest BCUT2D eigenvalue weighted by Crippen LogP contribution is -2.51. The molecule has 0 spiro atoms. The summed E-state index contributed by atoms with van der Waals surface area (Å²) in [6.07, 6.45) is -3.91. The normalized spacial score (nSPS) is 24.0. The van der Waals surface area contributed by atoms with Crippen molar-refractivity contribution in [3.8, 4) is 0 Å². The molecule has 0 aromatic heterocycles. The lowest BCUT2D eigenvalue weighted by Gasteiger charge is -2.30. The zero-order valence-corrected chi connectivity index (χ0v) is 14.4. The average molecular weight is 361 g/mol. The molecule has 1 rings (SSSR count). The highest BCUT2D eigenvalue weighted by molar-refractivity contribution is 5.85. The monoisotopic (exact) mass is 360 g/mol. The third-order valence-electron chi connectivity index (χ3n) is 4.36. The minimum atomic E-state index is -4.59. The molecule has 0 bridgehead atoms. The first-order valence-electron chi connectivity index (χ1n) is 7.24. The van der Waals surface area contributed by atoms with Gasteiger partial charge in [-0.3, -0.25) is 14.5 Å². The summed E-state index contributed by atoms with van der Waals surface area (Å²) in [6.45, 7) is 6.28. The molecule has 0 saturated carbocycles. The Morgan fingerprint density at radius 1 is 1.30 bits per heavy atom. The number of rotatable bonds is 5. The van der Waals surface area contributed by atoms with Crippen molar-refractivity contribution in [2.45, 2.75) is 51.9 Å². The first-order chi connectivity index (χ1) is 9.89. The van der Waals surface area contributed by atoms with Crippen LogP contribution in [0.15, 0.2) is 0 Å². The van der Waals surface area contributed by atoms with Crippen molar-refractivity contribution in [3.63, 3.8) is 0 Å². The highest BCUT2D eigenvalue weighted by atomic mass is 35.5. The molecule has 0 aliphatic carbocycles. The largest absolute Gasteiger partial charge is 0.481 e. The molecule has 9 heteroatoms. The molecule has 2 N–H and O–H groups in total. The number of hydrogen-bond donors (Lipinski definition) is 2. The van der Waals surface area contributed by atoms with Crippen LogP contribution in [0.4, 0.5) is 13.2 Å². The zero-order chi connectivity index (χ0) is 17.3. The molecule has 1 saturated heterocycles. The maximum Gasteiger partial charge on any atom is 0.393 e. The van der Waals surface area contributed by atoms with Gasteiger partial charge in [0.2, 0.25) is 5.91 Å². The van der Waals surface area contributed by atoms with Crippen LogP contribution in [0.1, 0.15) is 34.1 Å². The molecule has 0 aromatic carbocycles. The van der Waals surface area contributed by atoms with Gasteiger partial charge in [-0.25, -0.2) is 0 Å². The van der Waals surface area contributed by atoms with Crippen molar-refractivity contribution in [3.05, 3.63) is 0 Å². The molecule has 1 heterocycles. The second kappa shape index (κ2) is 7.70. The number of alkyl halides is 3. The average Bonchev–Trinajstić information content (AvgIpc) is 2.82. The summed E-state index contributed by atoms with van der Waals surface area (Å²) < 4.78 is 38.8. The van der Waals surface area contributed by atoms with Crippen molar-refractivity contribution in [1.82, 2.24) is 10.2 Å². The van der Waals surface area contributed by atoms with Gasteiger partial charge in [-0.15, -0.1) is 12.4 Å². The van der Waals surface area contributed by atoms with Crippen molar-refractivity contribution in [2.75, 3.05) is 13.1 Å². The lowest BCUT2D eigenvalue weighted by molar-refractivity contribution is -0.188. The van der Waals surface area contributed by atoms with Crippen LogP contribution in [0.2, 0.25) is 0 Å². The van der Waals surface area contributed by atoms with E-state index >= 15 is 0 Å². The summed E-state index contributed by atoms with van der Waals surface area (Å²) in [7, 11) is 0. The number of hydrogen-bond acceptors (Lipinski definition) is 3. The fourth-order valence-corrected chi connectivity index (χ4v) is 2.42. The highest BCUT2D eigenvalue weighted by Crippen LogP contribution is 2.38. The molecule has 136 valence electrons. The second-order valence-electron chi connectivity index (χ2n) is 6.45. The smallest absolute Gasteiger partial charge is 0.393 e. The number of nitrogens with zero attached hydrogens (tertiary/aromatic N) is 1. The summed E-state index contributed by atoms with van der Waals surface area (Å²) in [5, 5.41) is 11.8. The molecule has 5 nitrogen and oxygen atoms in total. The van der Waals surface area contributed by atoms with Gasteiger partial charge >= 0.3 is 12.1 Å². The van der Waals surface area contributed by atoms with Crippen LogP contribution in [-0.2, 0) is 9.59 Å². The van der Waals surface area contributed by atoms with Crippen LogP contribution in [0, 0.1) is 11.8 Å². The first kappa shape index (κ1) is 22.0. The first-order valence-corrected chi connectivity index (χ1v) is 7.24. The molecule has 1 unspecified atom stereocenters. The van der Waals surface area contributed by atoms with Gasteiger partial charge in [0.25, 0.3) is 0 Å². The zero-order valence-electron chi connectivity index (χ0n) is 13.6. The Labute approximate surface area is 140 Å². The number of carbonyl (C=O) groups is 2. The molecule has 0 radical (unpaired) electrons. The number of carbonyl (C=O) groups excluding carboxylic acids is 1. The molecule has 3 atom stereocenters. The van der Waals surface area contributed by atoms with Gasteiger partial charge in [0, 0.05) is 18.6 Å². The molecule has 0 aromatic rings. The van der Waals surface area contributed by atoms with Crippen LogP contribution in [0.3, 0.4) is 0 Å². The number of halogens is 4. The van der Waals surface area contributed by atoms with Gasteiger partial charge in [0.05, 0.1) is 17.9 Å². The summed E-state index contributed by atoms with van der Waals surface area (Å²) in [5.74, 6) is -5.35. The highest BCUT2D eigenvalue weighted by Gasteiger charge is 2.53. The van der Waals surface area contributed by atoms with Crippen molar-refractivity contribution in [1.29, 1.82) is 0 Å². The lowest BCUT2D eigenvalue weighted by atomic mass is 9.96. The SMILES string of the molecule is CCC(C)(C)NC(=O)C(C)N1C[C@@H](C(F)(F)F)[C@H](C(=O)O)C1.Cl. The summed E-state index contributed by atoms with van der Waals surface area (Å²) in [5.41, 5.74) is -0.458. The fourth-order valence-electron chi connectivity index (χ4n) is 2.42. The van der Waals surface area contributed by atoms with Crippen LogP contribution in [0.25, 0.3) is 0 Å². The molecular formula is C14H24ClF3N2O3. The molecule has 1 aliphatic heterocycles. The predicted octanol–water partition coefficient (Wildman–Crippen LogP) is 2.30. The number of likely N-dealkylation sites (tertiary alicyclic amines) is 1. The summed E-state index contributed by atoms with van der Waals surface area (Å²) >= 11 is 0. The van der Waals surface area contributed by atoms with Crippen molar-refractivity contribution < 1.29 is 27.9 Å². The Morgan fingerprint density at radius 3 is 2.17 bits per heavy atom. The number of aliphatic carboxylic acids is 1. The molecule has 1 aliphatic rings. The van der Waals surface area contributed by atoms with E-state index in [4.69, 9.17) is 5.11 Å². The van der Waals surface area contributed by atoms with E-state index in [1.807, 2.05) is 20.8 Å². The third-order valence-corrected chi connectivity index (χ3v) is 4.36. The Morgan fingerprint density at radius 2 is 1.83 bits per heavy atom. The quantitative estimate of drug-likeness (QED) is 0.789. The standard InChI is InChI=1S/C14H23F3N2O3.ClH/c1-5-13(3,4)18-11(20)8(2)19-6-9(12(21)22)10(7-19)14(15,16)17;/h8-10H,5-7H2,1-4H3,(H,18,20)(H,21,22);1H/t8?,9-,10-;/m1./s1. The number of amides is 1. The maximum atomic E-state index is 12.9. The second-order valence-corrected chi connectivity index (χ2v) is 6.45. The van der Waals surface area contributed by atoms with Gasteiger partial charge < -0.3 is 10.4 Å². The Balaban J connectivity index is 0.00000484. The van der Waals surface area contributed by atoms with E-state index < -0.39 is 42.1 Å². The van der Waals surface area contributed by atoms with Gasteiger partial charge in [-0.05, 0) is 27.2 Å². The van der Waals surface area contributed by atoms with Gasteiger partial charge in [-0.1, -0.05) is 6.92 Å². The van der Waals surface area contributed by atoms with Gasteiger partial charge in [0.15, 0.2) is 0 Å². The van der Waals surface area contributed by atoms with E-state index in [-0.39, 0.29) is 24.9 Å². The fraction of sp³-hybridized carbons (Fsp3) is 0.857. The summed E-state index contributed by atoms with van der Waals surface area (Å²) in [6, 6.07) is -0.806. The predicted molar refractivity (Wildman–Crippen MR) is 81.5 cm³/mol. The van der Waals surface area contributed by atoms with E-state index in [9.17, 15) is 22.8 Å². The number of carboxylic acid groups (broad SMARTS) is 1. The van der Waals surface area contributed by atoms with E-state index in [0.717, 1.165) is 0 Å². The third kappa shape index (κ3) is 5.53. The Hall–Kier alpha value is -1.02. The van der Waals surface area contributed by atoms with E-state index in [1.165, 1.54) is 11.8 Å². The Kier molecular flexibility index (Phi) is 7.36. The van der Waals surface area contributed by atoms with Crippen molar-refractivity contribution in [2.24, 2.45) is 11.8 Å². The van der Waals surface area contributed by atoms with E-state index in [2.05, 4.69) is 5.32 Å². The minimum absolute atomic E-state index is 0. The molecule has 1 amide bonds. The topological polar surface area (TPSA) is 69.6 Å². The number of nitrogens with one attached hydrogen (secondary N) is 1. The van der Waals surface area contributed by atoms with E-state index in [1.54, 1.807) is 0 Å². The molecule has 1 fully saturated rings. The molecular weight excluding hydrogens is 337 g/mol. The van der Waals surface area contributed by atoms with Gasteiger partial charge in [0.1, 0.15) is 0 Å². The number of carboxylic acids is 1. The van der Waals surface area contributed by atoms with Crippen LogP contribution in [-0.4, -0.2) is 52.7 Å². The van der Waals surface area contributed by atoms with Gasteiger partial charge in [-0.2, -0.15) is 13.2 Å². The molecule has 23 heavy (non-hydrogen) atoms. The van der Waals surface area contributed by atoms with Crippen LogP contribution < -0.4 is 5.32 Å². The van der Waals surface area contributed by atoms with E-state index in [0.29, 0.717) is 6.42 Å². The minimum Gasteiger partial charge on any atom is -0.481 e. The van der Waals surface area contributed by atoms with Crippen LogP contribution >= 0.6 is 12.4 Å². The maximum absolute atomic E-state index is 12.9. The van der Waals surface area contributed by atoms with Crippen LogP contribution in [0.5, 0.6) is 0 Å². The Bertz CT molecular complexity index is 443. The summed E-state index contributed by atoms with van der Waals surface area (Å²) in [4.78, 5) is 24.5. The van der Waals surface area contributed by atoms with Crippen molar-refractivity contribution >= 4 is 24.3 Å².